The third-order valence-electron chi connectivity index (χ3n) is 3.69. The summed E-state index contributed by atoms with van der Waals surface area (Å²) in [5, 5.41) is 3.69. The van der Waals surface area contributed by atoms with Crippen molar-refractivity contribution in [3.63, 3.8) is 0 Å². The molecule has 15 heavy (non-hydrogen) atoms. The fourth-order valence-corrected chi connectivity index (χ4v) is 2.26. The van der Waals surface area contributed by atoms with Crippen molar-refractivity contribution in [1.82, 2.24) is 5.32 Å². The van der Waals surface area contributed by atoms with Crippen LogP contribution in [0.25, 0.3) is 0 Å². The summed E-state index contributed by atoms with van der Waals surface area (Å²) in [5.41, 5.74) is 0.825. The van der Waals surface area contributed by atoms with E-state index in [0.29, 0.717) is 5.41 Å². The van der Waals surface area contributed by atoms with Crippen molar-refractivity contribution in [3.8, 4) is 0 Å². The lowest BCUT2D eigenvalue weighted by atomic mass is 9.79. The molecule has 0 spiro atoms. The Morgan fingerprint density at radius 2 is 1.73 bits per heavy atom. The molecule has 0 saturated heterocycles. The normalized spacial score (nSPS) is 21.4. The summed E-state index contributed by atoms with van der Waals surface area (Å²) in [7, 11) is 0. The summed E-state index contributed by atoms with van der Waals surface area (Å²) < 4.78 is 0. The minimum absolute atomic E-state index is 0.266. The summed E-state index contributed by atoms with van der Waals surface area (Å²) >= 11 is 0. The van der Waals surface area contributed by atoms with Gasteiger partial charge in [0, 0.05) is 12.1 Å². The summed E-state index contributed by atoms with van der Waals surface area (Å²) in [4.78, 5) is 0. The molecular weight excluding hydrogens is 182 g/mol. The highest BCUT2D eigenvalue weighted by molar-refractivity contribution is 4.93. The van der Waals surface area contributed by atoms with Gasteiger partial charge in [0.05, 0.1) is 0 Å². The molecule has 0 radical (unpaired) electrons. The van der Waals surface area contributed by atoms with Crippen LogP contribution in [0.4, 0.5) is 0 Å². The van der Waals surface area contributed by atoms with E-state index in [0.717, 1.165) is 5.92 Å². The van der Waals surface area contributed by atoms with Crippen molar-refractivity contribution in [3.05, 3.63) is 0 Å². The predicted octanol–water partition coefficient (Wildman–Crippen LogP) is 3.98. The molecule has 0 heterocycles. The largest absolute Gasteiger partial charge is 0.312 e. The Morgan fingerprint density at radius 1 is 1.13 bits per heavy atom. The molecule has 0 aromatic rings. The second kappa shape index (κ2) is 4.86. The van der Waals surface area contributed by atoms with Gasteiger partial charge in [0.15, 0.2) is 0 Å². The summed E-state index contributed by atoms with van der Waals surface area (Å²) in [6.07, 6.45) is 7.05. The van der Waals surface area contributed by atoms with Crippen molar-refractivity contribution in [2.45, 2.75) is 72.3 Å². The molecule has 0 amide bonds. The van der Waals surface area contributed by atoms with Gasteiger partial charge in [0.25, 0.3) is 0 Å². The van der Waals surface area contributed by atoms with Crippen LogP contribution in [0.15, 0.2) is 0 Å². The molecule has 90 valence electrons. The lowest BCUT2D eigenvalue weighted by Crippen LogP contribution is -2.43. The molecule has 0 bridgehead atoms. The van der Waals surface area contributed by atoms with Crippen molar-refractivity contribution in [2.24, 2.45) is 11.3 Å². The number of rotatable bonds is 6. The second-order valence-electron chi connectivity index (χ2n) is 6.64. The molecule has 1 aliphatic carbocycles. The van der Waals surface area contributed by atoms with Crippen LogP contribution in [0.3, 0.4) is 0 Å². The lowest BCUT2D eigenvalue weighted by Gasteiger charge is -2.34. The standard InChI is InChI=1S/C14H29N/c1-6-7-10-14(5,12-8-9-12)11-15-13(2,3)4/h12,15H,6-11H2,1-5H3. The zero-order valence-corrected chi connectivity index (χ0v) is 11.3. The number of hydrogen-bond acceptors (Lipinski definition) is 1. The molecule has 1 saturated carbocycles. The summed E-state index contributed by atoms with van der Waals surface area (Å²) in [6.45, 7) is 12.8. The molecule has 1 N–H and O–H groups in total. The van der Waals surface area contributed by atoms with Gasteiger partial charge in [-0.1, -0.05) is 26.7 Å². The van der Waals surface area contributed by atoms with Gasteiger partial charge >= 0.3 is 0 Å². The SMILES string of the molecule is CCCCC(C)(CNC(C)(C)C)C1CC1. The van der Waals surface area contributed by atoms with Gasteiger partial charge in [-0.05, 0) is 51.4 Å². The molecule has 1 heteroatoms. The van der Waals surface area contributed by atoms with E-state index in [-0.39, 0.29) is 5.54 Å². The Balaban J connectivity index is 2.42. The first-order chi connectivity index (χ1) is 6.87. The average Bonchev–Trinajstić information content (AvgIpc) is 2.93. The molecule has 0 aromatic carbocycles. The highest BCUT2D eigenvalue weighted by Crippen LogP contribution is 2.48. The van der Waals surface area contributed by atoms with Crippen LogP contribution >= 0.6 is 0 Å². The Labute approximate surface area is 96.0 Å². The fourth-order valence-electron chi connectivity index (χ4n) is 2.26. The molecule has 1 rings (SSSR count). The maximum absolute atomic E-state index is 3.69. The van der Waals surface area contributed by atoms with Crippen molar-refractivity contribution in [1.29, 1.82) is 0 Å². The van der Waals surface area contributed by atoms with Crippen LogP contribution in [0.2, 0.25) is 0 Å². The van der Waals surface area contributed by atoms with E-state index in [4.69, 9.17) is 0 Å². The highest BCUT2D eigenvalue weighted by atomic mass is 15.0. The number of hydrogen-bond donors (Lipinski definition) is 1. The molecule has 0 aromatic heterocycles. The minimum Gasteiger partial charge on any atom is -0.312 e. The monoisotopic (exact) mass is 211 g/mol. The van der Waals surface area contributed by atoms with Crippen LogP contribution in [-0.2, 0) is 0 Å². The van der Waals surface area contributed by atoms with Gasteiger partial charge in [-0.15, -0.1) is 0 Å². The van der Waals surface area contributed by atoms with Crippen molar-refractivity contribution < 1.29 is 0 Å². The van der Waals surface area contributed by atoms with Gasteiger partial charge in [0.1, 0.15) is 0 Å². The smallest absolute Gasteiger partial charge is 0.00967 e. The van der Waals surface area contributed by atoms with Gasteiger partial charge in [-0.3, -0.25) is 0 Å². The number of unbranched alkanes of at least 4 members (excludes halogenated alkanes) is 1. The van der Waals surface area contributed by atoms with E-state index in [1.165, 1.54) is 38.6 Å². The molecule has 1 atom stereocenters. The van der Waals surface area contributed by atoms with Gasteiger partial charge in [0.2, 0.25) is 0 Å². The predicted molar refractivity (Wildman–Crippen MR) is 68.1 cm³/mol. The Hall–Kier alpha value is -0.0400. The third kappa shape index (κ3) is 4.55. The van der Waals surface area contributed by atoms with E-state index in [1.807, 2.05) is 0 Å². The molecule has 1 unspecified atom stereocenters. The van der Waals surface area contributed by atoms with Crippen molar-refractivity contribution in [2.75, 3.05) is 6.54 Å². The van der Waals surface area contributed by atoms with Gasteiger partial charge in [-0.25, -0.2) is 0 Å². The summed E-state index contributed by atoms with van der Waals surface area (Å²) in [5.74, 6) is 0.999. The topological polar surface area (TPSA) is 12.0 Å². The van der Waals surface area contributed by atoms with Crippen LogP contribution < -0.4 is 5.32 Å². The first-order valence-electron chi connectivity index (χ1n) is 6.62. The third-order valence-corrected chi connectivity index (χ3v) is 3.69. The molecule has 1 aliphatic rings. The Morgan fingerprint density at radius 3 is 2.13 bits per heavy atom. The molecule has 1 nitrogen and oxygen atoms in total. The number of nitrogens with one attached hydrogen (secondary N) is 1. The van der Waals surface area contributed by atoms with Gasteiger partial charge in [-0.2, -0.15) is 0 Å². The maximum Gasteiger partial charge on any atom is 0.00967 e. The van der Waals surface area contributed by atoms with Crippen LogP contribution in [0.1, 0.15) is 66.7 Å². The minimum atomic E-state index is 0.266. The van der Waals surface area contributed by atoms with E-state index >= 15 is 0 Å². The average molecular weight is 211 g/mol. The lowest BCUT2D eigenvalue weighted by molar-refractivity contribution is 0.207. The van der Waals surface area contributed by atoms with E-state index in [9.17, 15) is 0 Å². The maximum atomic E-state index is 3.69. The van der Waals surface area contributed by atoms with Crippen LogP contribution in [-0.4, -0.2) is 12.1 Å². The fraction of sp³-hybridized carbons (Fsp3) is 1.00. The molecule has 1 fully saturated rings. The van der Waals surface area contributed by atoms with Crippen LogP contribution in [0.5, 0.6) is 0 Å². The van der Waals surface area contributed by atoms with Crippen LogP contribution in [0, 0.1) is 11.3 Å². The first kappa shape index (κ1) is 13.0. The molecular formula is C14H29N. The Bertz CT molecular complexity index is 188. The zero-order valence-electron chi connectivity index (χ0n) is 11.3. The second-order valence-corrected chi connectivity index (χ2v) is 6.64. The quantitative estimate of drug-likeness (QED) is 0.700. The zero-order chi connectivity index (χ0) is 11.5. The van der Waals surface area contributed by atoms with Gasteiger partial charge < -0.3 is 5.32 Å². The highest BCUT2D eigenvalue weighted by Gasteiger charge is 2.40. The van der Waals surface area contributed by atoms with E-state index < -0.39 is 0 Å². The molecule has 0 aliphatic heterocycles. The van der Waals surface area contributed by atoms with E-state index in [2.05, 4.69) is 39.9 Å². The van der Waals surface area contributed by atoms with E-state index in [1.54, 1.807) is 0 Å². The Kier molecular flexibility index (Phi) is 4.22. The van der Waals surface area contributed by atoms with Crippen molar-refractivity contribution >= 4 is 0 Å². The first-order valence-corrected chi connectivity index (χ1v) is 6.62. The summed E-state index contributed by atoms with van der Waals surface area (Å²) in [6, 6.07) is 0.